The Balaban J connectivity index is 2.75. The predicted octanol–water partition coefficient (Wildman–Crippen LogP) is 3.31. The minimum Gasteiger partial charge on any atom is -0.306 e. The average Bonchev–Trinajstić information content (AvgIpc) is 2.28. The number of nitriles is 1. The van der Waals surface area contributed by atoms with Crippen LogP contribution in [-0.2, 0) is 0 Å². The molecule has 1 aromatic carbocycles. The molecule has 0 aliphatic carbocycles. The highest BCUT2D eigenvalue weighted by Crippen LogP contribution is 2.19. The van der Waals surface area contributed by atoms with Gasteiger partial charge >= 0.3 is 0 Å². The summed E-state index contributed by atoms with van der Waals surface area (Å²) in [5.74, 6) is -1.14. The van der Waals surface area contributed by atoms with Crippen LogP contribution in [0.5, 0.6) is 0 Å². The topological polar surface area (TPSA) is 35.8 Å². The molecule has 0 fully saturated rings. The van der Waals surface area contributed by atoms with Gasteiger partial charge in [-0.25, -0.2) is 8.78 Å². The van der Waals surface area contributed by atoms with Crippen molar-refractivity contribution in [2.24, 2.45) is 0 Å². The van der Waals surface area contributed by atoms with Crippen molar-refractivity contribution >= 4 is 0 Å². The van der Waals surface area contributed by atoms with E-state index in [1.165, 1.54) is 12.1 Å². The van der Waals surface area contributed by atoms with Gasteiger partial charge in [-0.05, 0) is 19.4 Å². The van der Waals surface area contributed by atoms with Crippen LogP contribution in [-0.4, -0.2) is 6.04 Å². The van der Waals surface area contributed by atoms with Crippen molar-refractivity contribution in [1.82, 2.24) is 5.32 Å². The molecule has 1 rings (SSSR count). The molecular formula is C13H16F2N2. The van der Waals surface area contributed by atoms with E-state index in [1.807, 2.05) is 6.92 Å². The maximum atomic E-state index is 13.5. The first-order valence-electron chi connectivity index (χ1n) is 5.66. The van der Waals surface area contributed by atoms with Gasteiger partial charge in [-0.3, -0.25) is 0 Å². The van der Waals surface area contributed by atoms with E-state index < -0.39 is 11.6 Å². The Labute approximate surface area is 100 Å². The maximum Gasteiger partial charge on any atom is 0.130 e. The fourth-order valence-corrected chi connectivity index (χ4v) is 1.73. The molecule has 0 radical (unpaired) electrons. The number of rotatable bonds is 5. The third kappa shape index (κ3) is 3.79. The lowest BCUT2D eigenvalue weighted by Gasteiger charge is -2.21. The zero-order valence-electron chi connectivity index (χ0n) is 10.0. The summed E-state index contributed by atoms with van der Waals surface area (Å²) in [6, 6.07) is 5.41. The number of hydrogen-bond acceptors (Lipinski definition) is 2. The number of nitrogens with one attached hydrogen (secondary N) is 1. The van der Waals surface area contributed by atoms with Gasteiger partial charge in [-0.1, -0.05) is 13.0 Å². The van der Waals surface area contributed by atoms with Crippen molar-refractivity contribution in [1.29, 1.82) is 5.26 Å². The Morgan fingerprint density at radius 3 is 2.65 bits per heavy atom. The fourth-order valence-electron chi connectivity index (χ4n) is 1.73. The van der Waals surface area contributed by atoms with Gasteiger partial charge in [-0.15, -0.1) is 0 Å². The highest BCUT2D eigenvalue weighted by atomic mass is 19.1. The van der Waals surface area contributed by atoms with E-state index in [4.69, 9.17) is 5.26 Å². The van der Waals surface area contributed by atoms with Gasteiger partial charge in [0.2, 0.25) is 0 Å². The van der Waals surface area contributed by atoms with E-state index in [2.05, 4.69) is 11.4 Å². The summed E-state index contributed by atoms with van der Waals surface area (Å²) in [5, 5.41) is 11.8. The summed E-state index contributed by atoms with van der Waals surface area (Å²) in [5.41, 5.74) is 0.419. The average molecular weight is 238 g/mol. The quantitative estimate of drug-likeness (QED) is 0.854. The monoisotopic (exact) mass is 238 g/mol. The highest BCUT2D eigenvalue weighted by molar-refractivity contribution is 5.21. The summed E-state index contributed by atoms with van der Waals surface area (Å²) < 4.78 is 26.3. The zero-order valence-corrected chi connectivity index (χ0v) is 10.0. The normalized spacial score (nSPS) is 14.1. The Morgan fingerprint density at radius 2 is 2.12 bits per heavy atom. The van der Waals surface area contributed by atoms with Gasteiger partial charge < -0.3 is 5.32 Å². The van der Waals surface area contributed by atoms with E-state index in [1.54, 1.807) is 6.92 Å². The zero-order chi connectivity index (χ0) is 12.8. The largest absolute Gasteiger partial charge is 0.306 e. The van der Waals surface area contributed by atoms with Gasteiger partial charge in [0.1, 0.15) is 11.6 Å². The Morgan fingerprint density at radius 1 is 1.41 bits per heavy atom. The molecule has 0 aliphatic heterocycles. The van der Waals surface area contributed by atoms with E-state index >= 15 is 0 Å². The smallest absolute Gasteiger partial charge is 0.130 e. The summed E-state index contributed by atoms with van der Waals surface area (Å²) in [6.07, 6.45) is 1.17. The van der Waals surface area contributed by atoms with Gasteiger partial charge in [0, 0.05) is 23.7 Å². The third-order valence-corrected chi connectivity index (χ3v) is 2.75. The van der Waals surface area contributed by atoms with E-state index in [-0.39, 0.29) is 12.1 Å². The Hall–Kier alpha value is -1.47. The second kappa shape index (κ2) is 6.31. The summed E-state index contributed by atoms with van der Waals surface area (Å²) in [4.78, 5) is 0. The number of nitrogens with zero attached hydrogens (tertiary/aromatic N) is 1. The van der Waals surface area contributed by atoms with Gasteiger partial charge in [0.05, 0.1) is 12.5 Å². The molecule has 0 saturated carbocycles. The first-order chi connectivity index (χ1) is 8.08. The van der Waals surface area contributed by atoms with Crippen LogP contribution in [0.3, 0.4) is 0 Å². The SMILES string of the molecule is CCC(CC#N)NC(C)c1ccc(F)cc1F. The minimum absolute atomic E-state index is 0.0273. The molecule has 0 spiro atoms. The van der Waals surface area contributed by atoms with E-state index in [0.29, 0.717) is 12.0 Å². The standard InChI is InChI=1S/C13H16F2N2/c1-3-11(6-7-16)17-9(2)12-5-4-10(14)8-13(12)15/h4-5,8-9,11,17H,3,6H2,1-2H3. The fraction of sp³-hybridized carbons (Fsp3) is 0.462. The first kappa shape index (κ1) is 13.6. The summed E-state index contributed by atoms with van der Waals surface area (Å²) >= 11 is 0. The lowest BCUT2D eigenvalue weighted by atomic mass is 10.0. The molecule has 2 atom stereocenters. The molecule has 0 saturated heterocycles. The molecule has 1 N–H and O–H groups in total. The number of halogens is 2. The predicted molar refractivity (Wildman–Crippen MR) is 62.2 cm³/mol. The molecule has 2 nitrogen and oxygen atoms in total. The third-order valence-electron chi connectivity index (χ3n) is 2.75. The Bertz CT molecular complexity index is 412. The van der Waals surface area contributed by atoms with Crippen molar-refractivity contribution in [3.05, 3.63) is 35.4 Å². The van der Waals surface area contributed by atoms with Gasteiger partial charge in [0.15, 0.2) is 0 Å². The molecule has 0 heterocycles. The van der Waals surface area contributed by atoms with Crippen LogP contribution in [0.15, 0.2) is 18.2 Å². The van der Waals surface area contributed by atoms with Crippen molar-refractivity contribution in [3.63, 3.8) is 0 Å². The van der Waals surface area contributed by atoms with E-state index in [9.17, 15) is 8.78 Å². The molecule has 0 bridgehead atoms. The summed E-state index contributed by atoms with van der Waals surface area (Å²) in [7, 11) is 0. The Kier molecular flexibility index (Phi) is 5.05. The van der Waals surface area contributed by atoms with Crippen molar-refractivity contribution in [2.45, 2.75) is 38.8 Å². The van der Waals surface area contributed by atoms with Crippen LogP contribution in [0.2, 0.25) is 0 Å². The maximum absolute atomic E-state index is 13.5. The molecule has 0 amide bonds. The second-order valence-corrected chi connectivity index (χ2v) is 4.02. The molecule has 0 aromatic heterocycles. The lowest BCUT2D eigenvalue weighted by Crippen LogP contribution is -2.31. The van der Waals surface area contributed by atoms with Crippen molar-refractivity contribution in [2.75, 3.05) is 0 Å². The van der Waals surface area contributed by atoms with Crippen LogP contribution >= 0.6 is 0 Å². The van der Waals surface area contributed by atoms with E-state index in [0.717, 1.165) is 12.5 Å². The second-order valence-electron chi connectivity index (χ2n) is 4.02. The van der Waals surface area contributed by atoms with Crippen molar-refractivity contribution in [3.8, 4) is 6.07 Å². The molecule has 0 aliphatic rings. The van der Waals surface area contributed by atoms with Crippen LogP contribution in [0.4, 0.5) is 8.78 Å². The number of benzene rings is 1. The van der Waals surface area contributed by atoms with Crippen LogP contribution in [0, 0.1) is 23.0 Å². The molecule has 2 unspecified atom stereocenters. The van der Waals surface area contributed by atoms with Crippen LogP contribution < -0.4 is 5.32 Å². The van der Waals surface area contributed by atoms with Gasteiger partial charge in [0.25, 0.3) is 0 Å². The first-order valence-corrected chi connectivity index (χ1v) is 5.66. The van der Waals surface area contributed by atoms with Crippen LogP contribution in [0.1, 0.15) is 38.3 Å². The van der Waals surface area contributed by atoms with Crippen LogP contribution in [0.25, 0.3) is 0 Å². The highest BCUT2D eigenvalue weighted by Gasteiger charge is 2.15. The number of hydrogen-bond donors (Lipinski definition) is 1. The molecule has 92 valence electrons. The molecule has 1 aromatic rings. The molecule has 17 heavy (non-hydrogen) atoms. The van der Waals surface area contributed by atoms with Gasteiger partial charge in [-0.2, -0.15) is 5.26 Å². The summed E-state index contributed by atoms with van der Waals surface area (Å²) in [6.45, 7) is 3.76. The molecule has 4 heteroatoms. The van der Waals surface area contributed by atoms with Crippen molar-refractivity contribution < 1.29 is 8.78 Å². The molecular weight excluding hydrogens is 222 g/mol. The lowest BCUT2D eigenvalue weighted by molar-refractivity contribution is 0.434. The minimum atomic E-state index is -0.581.